The van der Waals surface area contributed by atoms with Gasteiger partial charge in [0.1, 0.15) is 17.2 Å². The van der Waals surface area contributed by atoms with Crippen molar-refractivity contribution in [1.82, 2.24) is 0 Å². The van der Waals surface area contributed by atoms with Crippen LogP contribution < -0.4 is 14.2 Å². The number of carbonyl (C=O) groups excluding carboxylic acids is 4. The van der Waals surface area contributed by atoms with Gasteiger partial charge in [-0.15, -0.1) is 0 Å². The third-order valence-corrected chi connectivity index (χ3v) is 9.28. The molecule has 248 valence electrons. The molecular weight excluding hydrogens is 655 g/mol. The van der Waals surface area contributed by atoms with Crippen LogP contribution >= 0.6 is 23.5 Å². The molecule has 0 aromatic heterocycles. The Balaban J connectivity index is 1.53. The van der Waals surface area contributed by atoms with Crippen molar-refractivity contribution in [2.24, 2.45) is 0 Å². The average molecular weight is 688 g/mol. The third kappa shape index (κ3) is 9.53. The quantitative estimate of drug-likeness (QED) is 0.0512. The number of rotatable bonds is 15. The van der Waals surface area contributed by atoms with E-state index in [-0.39, 0.29) is 36.0 Å². The number of benzene rings is 3. The van der Waals surface area contributed by atoms with Crippen LogP contribution in [0.2, 0.25) is 0 Å². The summed E-state index contributed by atoms with van der Waals surface area (Å²) in [6.45, 7) is 15.3. The number of esters is 4. The zero-order valence-electron chi connectivity index (χ0n) is 26.4. The first kappa shape index (κ1) is 35.9. The van der Waals surface area contributed by atoms with E-state index in [1.165, 1.54) is 12.1 Å². The second-order valence-electron chi connectivity index (χ2n) is 10.1. The zero-order chi connectivity index (χ0) is 34.5. The highest BCUT2D eigenvalue weighted by molar-refractivity contribution is 8.24. The van der Waals surface area contributed by atoms with Crippen LogP contribution in [0.3, 0.4) is 0 Å². The van der Waals surface area contributed by atoms with Crippen LogP contribution in [-0.4, -0.2) is 43.7 Å². The van der Waals surface area contributed by atoms with Crippen molar-refractivity contribution in [1.29, 1.82) is 0 Å². The molecule has 0 saturated carbocycles. The molecule has 48 heavy (non-hydrogen) atoms. The summed E-state index contributed by atoms with van der Waals surface area (Å²) in [5.74, 6) is -1.67. The van der Waals surface area contributed by atoms with E-state index in [1.807, 2.05) is 12.1 Å². The van der Waals surface area contributed by atoms with Gasteiger partial charge in [-0.05, 0) is 73.9 Å². The van der Waals surface area contributed by atoms with Gasteiger partial charge in [0.2, 0.25) is 0 Å². The Kier molecular flexibility index (Phi) is 13.3. The number of fused-ring (bicyclic) bond motifs is 1. The van der Waals surface area contributed by atoms with Gasteiger partial charge in [0.05, 0.1) is 51.5 Å². The summed E-state index contributed by atoms with van der Waals surface area (Å²) < 4.78 is 27.5. The maximum atomic E-state index is 13.2. The molecule has 1 aliphatic rings. The van der Waals surface area contributed by atoms with Crippen LogP contribution in [0, 0.1) is 6.57 Å². The first-order chi connectivity index (χ1) is 23.3. The second-order valence-corrected chi connectivity index (χ2v) is 12.4. The number of thioether (sulfide) groups is 2. The maximum absolute atomic E-state index is 13.2. The van der Waals surface area contributed by atoms with E-state index in [0.717, 1.165) is 54.4 Å². The molecule has 3 aromatic carbocycles. The predicted octanol–water partition coefficient (Wildman–Crippen LogP) is 7.81. The van der Waals surface area contributed by atoms with Crippen molar-refractivity contribution in [3.63, 3.8) is 0 Å². The molecule has 0 bridgehead atoms. The molecule has 0 saturated heterocycles. The minimum atomic E-state index is -0.782. The van der Waals surface area contributed by atoms with Crippen molar-refractivity contribution >= 4 is 47.4 Å². The Bertz CT molecular complexity index is 1740. The molecule has 0 radical (unpaired) electrons. The van der Waals surface area contributed by atoms with Gasteiger partial charge in [-0.3, -0.25) is 4.79 Å². The number of nitrogens with zero attached hydrogens (tertiary/aromatic N) is 1. The highest BCUT2D eigenvalue weighted by Gasteiger charge is 2.32. The average Bonchev–Trinajstić information content (AvgIpc) is 3.54. The van der Waals surface area contributed by atoms with Gasteiger partial charge in [-0.1, -0.05) is 55.6 Å². The van der Waals surface area contributed by atoms with E-state index in [2.05, 4.69) is 18.3 Å². The number of aryl methyl sites for hydroxylation is 1. The van der Waals surface area contributed by atoms with Crippen molar-refractivity contribution in [2.45, 2.75) is 49.3 Å². The predicted molar refractivity (Wildman–Crippen MR) is 181 cm³/mol. The summed E-state index contributed by atoms with van der Waals surface area (Å²) >= 11 is 2.12. The first-order valence-electron chi connectivity index (χ1n) is 15.1. The minimum absolute atomic E-state index is 0.0887. The van der Waals surface area contributed by atoms with Gasteiger partial charge in [-0.25, -0.2) is 19.2 Å². The lowest BCUT2D eigenvalue weighted by Gasteiger charge is -2.12. The fraction of sp³-hybridized carbons (Fsp3) is 0.250. The molecule has 1 heterocycles. The van der Waals surface area contributed by atoms with Crippen LogP contribution in [0.5, 0.6) is 17.2 Å². The van der Waals surface area contributed by atoms with E-state index < -0.39 is 23.9 Å². The van der Waals surface area contributed by atoms with Gasteiger partial charge in [0, 0.05) is 12.5 Å². The summed E-state index contributed by atoms with van der Waals surface area (Å²) in [6.07, 6.45) is 4.60. The van der Waals surface area contributed by atoms with Gasteiger partial charge in [0.25, 0.3) is 5.70 Å². The monoisotopic (exact) mass is 687 g/mol. The minimum Gasteiger partial charge on any atom is -0.493 e. The molecule has 0 amide bonds. The molecule has 0 aliphatic carbocycles. The lowest BCUT2D eigenvalue weighted by atomic mass is 10.1. The molecule has 0 atom stereocenters. The Hall–Kier alpha value is -4.99. The third-order valence-electron chi connectivity index (χ3n) is 6.68. The molecule has 12 heteroatoms. The van der Waals surface area contributed by atoms with Crippen molar-refractivity contribution in [3.05, 3.63) is 111 Å². The lowest BCUT2D eigenvalue weighted by Crippen LogP contribution is -2.11. The molecule has 0 spiro atoms. The molecule has 3 aromatic rings. The molecule has 0 N–H and O–H groups in total. The number of unbranched alkanes of at least 4 members (excludes halogenated alkanes) is 1. The molecule has 0 unspecified atom stereocenters. The van der Waals surface area contributed by atoms with Crippen LogP contribution in [0.1, 0.15) is 59.4 Å². The fourth-order valence-corrected chi connectivity index (χ4v) is 6.78. The SMILES string of the molecule is [C-]#[N+]/C(C(=O)OCC)=C1/Sc2c(OC(=O)c3ccc(CCCC)cc3)ccc(OC(=O)c3ccc(OCCCOC(=O)C=C)cc3)c2S1. The lowest BCUT2D eigenvalue weighted by molar-refractivity contribution is -0.138. The topological polar surface area (TPSA) is 119 Å². The Morgan fingerprint density at radius 3 is 1.90 bits per heavy atom. The maximum Gasteiger partial charge on any atom is 0.343 e. The number of ether oxygens (including phenoxy) is 5. The van der Waals surface area contributed by atoms with E-state index >= 15 is 0 Å². The van der Waals surface area contributed by atoms with E-state index in [9.17, 15) is 19.2 Å². The standard InChI is InChI=1S/C36H33NO9S2/c1-5-8-10-23-11-13-24(14-12-23)33(39)45-27-19-20-28(32-31(27)47-36(48-32)30(37-4)35(41)42-7-3)46-34(40)25-15-17-26(18-16-25)43-21-9-22-44-29(38)6-2/h6,11-20H,2,5,7-10,21-22H2,1,3H3/b36-30-. The first-order valence-corrected chi connectivity index (χ1v) is 16.8. The highest BCUT2D eigenvalue weighted by atomic mass is 32.2. The van der Waals surface area contributed by atoms with E-state index in [1.54, 1.807) is 43.3 Å². The van der Waals surface area contributed by atoms with Crippen LogP contribution in [-0.2, 0) is 25.5 Å². The molecule has 4 rings (SSSR count). The smallest absolute Gasteiger partial charge is 0.343 e. The fourth-order valence-electron chi connectivity index (χ4n) is 4.23. The summed E-state index contributed by atoms with van der Waals surface area (Å²) in [4.78, 5) is 54.2. The second kappa shape index (κ2) is 17.8. The van der Waals surface area contributed by atoms with Gasteiger partial charge >= 0.3 is 23.9 Å². The van der Waals surface area contributed by atoms with Crippen molar-refractivity contribution in [2.75, 3.05) is 19.8 Å². The Morgan fingerprint density at radius 2 is 1.38 bits per heavy atom. The van der Waals surface area contributed by atoms with Crippen molar-refractivity contribution in [3.8, 4) is 17.2 Å². The summed E-state index contributed by atoms with van der Waals surface area (Å²) in [6, 6.07) is 16.6. The Morgan fingerprint density at radius 1 is 0.792 bits per heavy atom. The molecule has 0 fully saturated rings. The normalized spacial score (nSPS) is 12.6. The largest absolute Gasteiger partial charge is 0.493 e. The Labute approximate surface area is 287 Å². The summed E-state index contributed by atoms with van der Waals surface area (Å²) in [5, 5.41) is 0. The van der Waals surface area contributed by atoms with E-state index in [0.29, 0.717) is 38.4 Å². The number of carbonyl (C=O) groups is 4. The summed E-state index contributed by atoms with van der Waals surface area (Å²) in [5.41, 5.74) is 1.50. The van der Waals surface area contributed by atoms with Crippen LogP contribution in [0.15, 0.2) is 93.0 Å². The zero-order valence-corrected chi connectivity index (χ0v) is 28.1. The van der Waals surface area contributed by atoms with Gasteiger partial charge < -0.3 is 23.7 Å². The number of hydrogen-bond donors (Lipinski definition) is 0. The van der Waals surface area contributed by atoms with E-state index in [4.69, 9.17) is 30.3 Å². The number of hydrogen-bond acceptors (Lipinski definition) is 11. The summed E-state index contributed by atoms with van der Waals surface area (Å²) in [7, 11) is 0. The molecule has 1 aliphatic heterocycles. The van der Waals surface area contributed by atoms with Gasteiger partial charge in [-0.2, -0.15) is 0 Å². The molecular formula is C36H33NO9S2. The van der Waals surface area contributed by atoms with Crippen LogP contribution in [0.4, 0.5) is 0 Å². The van der Waals surface area contributed by atoms with Crippen molar-refractivity contribution < 1.29 is 42.9 Å². The van der Waals surface area contributed by atoms with Gasteiger partial charge in [0.15, 0.2) is 0 Å². The van der Waals surface area contributed by atoms with Crippen LogP contribution in [0.25, 0.3) is 4.85 Å². The molecule has 10 nitrogen and oxygen atoms in total. The highest BCUT2D eigenvalue weighted by Crippen LogP contribution is 2.59.